The zero-order chi connectivity index (χ0) is 13.4. The van der Waals surface area contributed by atoms with E-state index in [0.29, 0.717) is 18.9 Å². The maximum atomic E-state index is 11.7. The van der Waals surface area contributed by atoms with Crippen LogP contribution < -0.4 is 6.15 Å². The summed E-state index contributed by atoms with van der Waals surface area (Å²) in [5.74, 6) is 0.344. The van der Waals surface area contributed by atoms with Gasteiger partial charge in [0.15, 0.2) is 0 Å². The van der Waals surface area contributed by atoms with Crippen molar-refractivity contribution in [1.29, 1.82) is 0 Å². The molecule has 0 amide bonds. The zero-order valence-corrected chi connectivity index (χ0v) is 12.4. The zero-order valence-electron chi connectivity index (χ0n) is 12.4. The predicted octanol–water partition coefficient (Wildman–Crippen LogP) is 4.42. The molecule has 3 heteroatoms. The van der Waals surface area contributed by atoms with E-state index in [4.69, 9.17) is 4.74 Å². The molecule has 0 heterocycles. The number of benzene rings is 1. The number of esters is 1. The molecule has 1 unspecified atom stereocenters. The van der Waals surface area contributed by atoms with Crippen LogP contribution in [0.1, 0.15) is 50.7 Å². The van der Waals surface area contributed by atoms with Gasteiger partial charge in [0.05, 0.1) is 0 Å². The second-order valence-electron chi connectivity index (χ2n) is 5.04. The van der Waals surface area contributed by atoms with Crippen molar-refractivity contribution >= 4 is 5.97 Å². The van der Waals surface area contributed by atoms with Gasteiger partial charge in [-0.05, 0) is 24.0 Å². The second-order valence-corrected chi connectivity index (χ2v) is 5.04. The van der Waals surface area contributed by atoms with Gasteiger partial charge in [-0.1, -0.05) is 57.4 Å². The number of hydrogen-bond acceptors (Lipinski definition) is 3. The van der Waals surface area contributed by atoms with E-state index in [0.717, 1.165) is 12.0 Å². The van der Waals surface area contributed by atoms with Gasteiger partial charge in [-0.25, -0.2) is 0 Å². The number of aryl methyl sites for hydroxylation is 1. The summed E-state index contributed by atoms with van der Waals surface area (Å²) in [5, 5.41) is 0. The van der Waals surface area contributed by atoms with Crippen molar-refractivity contribution in [3.8, 4) is 0 Å². The highest BCUT2D eigenvalue weighted by atomic mass is 16.5. The summed E-state index contributed by atoms with van der Waals surface area (Å²) in [4.78, 5) is 11.7. The standard InChI is InChI=1S/C16H24O2.H3N/c1-4-5-8-13(2)11-16(17)18-12-15-10-7-6-9-14(15)3;/h6-7,9-10,13H,4-5,8,11-12H2,1-3H3;1H3. The van der Waals surface area contributed by atoms with E-state index < -0.39 is 0 Å². The topological polar surface area (TPSA) is 61.3 Å². The van der Waals surface area contributed by atoms with E-state index in [1.165, 1.54) is 18.4 Å². The summed E-state index contributed by atoms with van der Waals surface area (Å²) in [6.07, 6.45) is 4.01. The van der Waals surface area contributed by atoms with Crippen LogP contribution in [0.25, 0.3) is 0 Å². The lowest BCUT2D eigenvalue weighted by molar-refractivity contribution is -0.146. The molecule has 3 nitrogen and oxygen atoms in total. The Morgan fingerprint density at radius 2 is 2.00 bits per heavy atom. The number of hydrogen-bond donors (Lipinski definition) is 1. The summed E-state index contributed by atoms with van der Waals surface area (Å²) in [7, 11) is 0. The molecule has 0 aliphatic heterocycles. The first-order chi connectivity index (χ1) is 8.63. The third-order valence-electron chi connectivity index (χ3n) is 3.22. The van der Waals surface area contributed by atoms with E-state index in [-0.39, 0.29) is 12.1 Å². The fraction of sp³-hybridized carbons (Fsp3) is 0.562. The van der Waals surface area contributed by atoms with Crippen LogP contribution in [0.4, 0.5) is 0 Å². The number of carbonyl (C=O) groups excluding carboxylic acids is 1. The molecule has 0 bridgehead atoms. The van der Waals surface area contributed by atoms with Crippen molar-refractivity contribution in [2.75, 3.05) is 0 Å². The molecule has 0 saturated heterocycles. The molecule has 0 spiro atoms. The van der Waals surface area contributed by atoms with E-state index in [2.05, 4.69) is 13.8 Å². The maximum absolute atomic E-state index is 11.7. The summed E-state index contributed by atoms with van der Waals surface area (Å²) < 4.78 is 5.32. The summed E-state index contributed by atoms with van der Waals surface area (Å²) in [5.41, 5.74) is 2.26. The highest BCUT2D eigenvalue weighted by Gasteiger charge is 2.10. The molecular weight excluding hydrogens is 238 g/mol. The van der Waals surface area contributed by atoms with Gasteiger partial charge < -0.3 is 10.9 Å². The Hall–Kier alpha value is -1.35. The number of rotatable bonds is 7. The molecule has 0 aliphatic rings. The van der Waals surface area contributed by atoms with Crippen LogP contribution in [0.3, 0.4) is 0 Å². The molecule has 1 aromatic carbocycles. The number of unbranched alkanes of at least 4 members (excludes halogenated alkanes) is 1. The van der Waals surface area contributed by atoms with E-state index >= 15 is 0 Å². The largest absolute Gasteiger partial charge is 0.461 e. The van der Waals surface area contributed by atoms with Gasteiger partial charge in [0.25, 0.3) is 0 Å². The van der Waals surface area contributed by atoms with Crippen LogP contribution in [0.15, 0.2) is 24.3 Å². The molecule has 0 aliphatic carbocycles. The Morgan fingerprint density at radius 3 is 2.63 bits per heavy atom. The average Bonchev–Trinajstić information content (AvgIpc) is 2.35. The number of carbonyl (C=O) groups is 1. The van der Waals surface area contributed by atoms with Crippen LogP contribution in [0.5, 0.6) is 0 Å². The SMILES string of the molecule is CCCCC(C)CC(=O)OCc1ccccc1C.N. The minimum absolute atomic E-state index is 0. The normalized spacial score (nSPS) is 11.5. The van der Waals surface area contributed by atoms with Crippen LogP contribution >= 0.6 is 0 Å². The first kappa shape index (κ1) is 17.6. The first-order valence-corrected chi connectivity index (χ1v) is 6.83. The summed E-state index contributed by atoms with van der Waals surface area (Å²) >= 11 is 0. The molecule has 1 atom stereocenters. The summed E-state index contributed by atoms with van der Waals surface area (Å²) in [6.45, 7) is 6.72. The molecule has 19 heavy (non-hydrogen) atoms. The Balaban J connectivity index is 0.00000324. The molecule has 0 aromatic heterocycles. The third kappa shape index (κ3) is 6.97. The van der Waals surface area contributed by atoms with Crippen molar-refractivity contribution in [2.24, 2.45) is 5.92 Å². The molecule has 108 valence electrons. The smallest absolute Gasteiger partial charge is 0.306 e. The Bertz CT molecular complexity index is 377. The Labute approximate surface area is 116 Å². The molecule has 0 fully saturated rings. The van der Waals surface area contributed by atoms with Crippen LogP contribution in [-0.2, 0) is 16.1 Å². The first-order valence-electron chi connectivity index (χ1n) is 6.83. The molecule has 0 radical (unpaired) electrons. The van der Waals surface area contributed by atoms with Crippen LogP contribution in [0, 0.1) is 12.8 Å². The molecule has 0 saturated carbocycles. The van der Waals surface area contributed by atoms with Crippen molar-refractivity contribution in [3.63, 3.8) is 0 Å². The highest BCUT2D eigenvalue weighted by molar-refractivity contribution is 5.69. The molecule has 3 N–H and O–H groups in total. The van der Waals surface area contributed by atoms with Gasteiger partial charge in [-0.3, -0.25) is 4.79 Å². The van der Waals surface area contributed by atoms with E-state index in [1.54, 1.807) is 0 Å². The Kier molecular flexibility index (Phi) is 8.88. The fourth-order valence-corrected chi connectivity index (χ4v) is 1.93. The van der Waals surface area contributed by atoms with Gasteiger partial charge in [0.1, 0.15) is 6.61 Å². The highest BCUT2D eigenvalue weighted by Crippen LogP contribution is 2.14. The number of ether oxygens (including phenoxy) is 1. The fourth-order valence-electron chi connectivity index (χ4n) is 1.93. The predicted molar refractivity (Wildman–Crippen MR) is 79.3 cm³/mol. The monoisotopic (exact) mass is 265 g/mol. The van der Waals surface area contributed by atoms with Crippen LogP contribution in [-0.4, -0.2) is 5.97 Å². The van der Waals surface area contributed by atoms with Gasteiger partial charge in [0, 0.05) is 6.42 Å². The average molecular weight is 265 g/mol. The lowest BCUT2D eigenvalue weighted by Crippen LogP contribution is -2.10. The van der Waals surface area contributed by atoms with Crippen molar-refractivity contribution in [1.82, 2.24) is 6.15 Å². The maximum Gasteiger partial charge on any atom is 0.306 e. The van der Waals surface area contributed by atoms with E-state index in [9.17, 15) is 4.79 Å². The lowest BCUT2D eigenvalue weighted by Gasteiger charge is -2.11. The van der Waals surface area contributed by atoms with Crippen molar-refractivity contribution < 1.29 is 9.53 Å². The molecular formula is C16H27NO2. The van der Waals surface area contributed by atoms with Gasteiger partial charge >= 0.3 is 5.97 Å². The van der Waals surface area contributed by atoms with Crippen molar-refractivity contribution in [3.05, 3.63) is 35.4 Å². The summed E-state index contributed by atoms with van der Waals surface area (Å²) in [6, 6.07) is 8.00. The minimum Gasteiger partial charge on any atom is -0.461 e. The van der Waals surface area contributed by atoms with Crippen LogP contribution in [0.2, 0.25) is 0 Å². The quantitative estimate of drug-likeness (QED) is 0.742. The Morgan fingerprint density at radius 1 is 1.32 bits per heavy atom. The van der Waals surface area contributed by atoms with Gasteiger partial charge in [0.2, 0.25) is 0 Å². The third-order valence-corrected chi connectivity index (χ3v) is 3.22. The van der Waals surface area contributed by atoms with Gasteiger partial charge in [-0.15, -0.1) is 0 Å². The molecule has 1 aromatic rings. The lowest BCUT2D eigenvalue weighted by atomic mass is 10.0. The minimum atomic E-state index is -0.0816. The van der Waals surface area contributed by atoms with Crippen molar-refractivity contribution in [2.45, 2.75) is 53.1 Å². The van der Waals surface area contributed by atoms with Gasteiger partial charge in [-0.2, -0.15) is 0 Å². The second kappa shape index (κ2) is 9.56. The van der Waals surface area contributed by atoms with E-state index in [1.807, 2.05) is 31.2 Å². The molecule has 1 rings (SSSR count).